The van der Waals surface area contributed by atoms with E-state index in [0.717, 1.165) is 0 Å². The summed E-state index contributed by atoms with van der Waals surface area (Å²) in [6.07, 6.45) is 0.188. The summed E-state index contributed by atoms with van der Waals surface area (Å²) in [6, 6.07) is 0. The lowest BCUT2D eigenvalue weighted by Gasteiger charge is -1.93. The van der Waals surface area contributed by atoms with Crippen molar-refractivity contribution in [1.82, 2.24) is 5.32 Å². The largest absolute Gasteiger partial charge is 0.481 e. The zero-order valence-corrected chi connectivity index (χ0v) is 5.83. The smallest absolute Gasteiger partial charge is 0.303 e. The zero-order chi connectivity index (χ0) is 8.27. The van der Waals surface area contributed by atoms with Gasteiger partial charge in [-0.05, 0) is 0 Å². The number of rotatable bonds is 3. The lowest BCUT2D eigenvalue weighted by atomic mass is 10.2. The number of carboxylic acid groups (broad SMARTS) is 1. The van der Waals surface area contributed by atoms with Gasteiger partial charge in [-0.3, -0.25) is 14.6 Å². The number of hydrogen-bond acceptors (Lipinski definition) is 3. The number of aliphatic imine (C=N–C) groups is 1. The van der Waals surface area contributed by atoms with Crippen LogP contribution in [-0.2, 0) is 9.59 Å². The minimum Gasteiger partial charge on any atom is -0.481 e. The van der Waals surface area contributed by atoms with Crippen molar-refractivity contribution in [2.45, 2.75) is 12.8 Å². The summed E-state index contributed by atoms with van der Waals surface area (Å²) in [5.41, 5.74) is 0.340. The van der Waals surface area contributed by atoms with Crippen molar-refractivity contribution in [3.05, 3.63) is 0 Å². The van der Waals surface area contributed by atoms with Gasteiger partial charge in [-0.25, -0.2) is 0 Å². The van der Waals surface area contributed by atoms with Gasteiger partial charge in [0.25, 0.3) is 5.91 Å². The Morgan fingerprint density at radius 1 is 1.73 bits per heavy atom. The van der Waals surface area contributed by atoms with Crippen LogP contribution >= 0.6 is 0 Å². The van der Waals surface area contributed by atoms with Crippen molar-refractivity contribution >= 4 is 17.6 Å². The molecule has 0 aliphatic carbocycles. The van der Waals surface area contributed by atoms with Crippen molar-refractivity contribution in [1.29, 1.82) is 0 Å². The lowest BCUT2D eigenvalue weighted by Crippen LogP contribution is -2.23. The summed E-state index contributed by atoms with van der Waals surface area (Å²) in [5.74, 6) is -1.15. The van der Waals surface area contributed by atoms with Crippen molar-refractivity contribution in [3.8, 4) is 0 Å². The van der Waals surface area contributed by atoms with Gasteiger partial charge in [0.15, 0.2) is 0 Å². The summed E-state index contributed by atoms with van der Waals surface area (Å²) < 4.78 is 0. The Balaban J connectivity index is 2.37. The number of aliphatic carboxylic acids is 1. The van der Waals surface area contributed by atoms with Crippen LogP contribution in [0.15, 0.2) is 4.99 Å². The standard InChI is InChI=1S/C6H8N2O3/c9-5(10)2-1-4-6(11)8-3-7-4/h1-3H2,(H,8,11)(H,9,10). The molecule has 0 atom stereocenters. The molecule has 1 aliphatic heterocycles. The number of hydrogen-bond donors (Lipinski definition) is 2. The molecule has 0 radical (unpaired) electrons. The van der Waals surface area contributed by atoms with Crippen LogP contribution in [-0.4, -0.2) is 29.4 Å². The number of amides is 1. The maximum absolute atomic E-state index is 10.8. The number of carbonyl (C=O) groups excluding carboxylic acids is 1. The molecule has 1 aliphatic rings. The van der Waals surface area contributed by atoms with Crippen molar-refractivity contribution in [2.24, 2.45) is 4.99 Å². The molecule has 11 heavy (non-hydrogen) atoms. The molecule has 0 unspecified atom stereocenters. The molecule has 5 heteroatoms. The van der Waals surface area contributed by atoms with E-state index in [2.05, 4.69) is 10.3 Å². The predicted molar refractivity (Wildman–Crippen MR) is 37.3 cm³/mol. The molecule has 0 bridgehead atoms. The maximum Gasteiger partial charge on any atom is 0.303 e. The Kier molecular flexibility index (Phi) is 2.20. The van der Waals surface area contributed by atoms with Gasteiger partial charge in [0, 0.05) is 6.42 Å². The average molecular weight is 156 g/mol. The van der Waals surface area contributed by atoms with E-state index in [1.54, 1.807) is 0 Å². The maximum atomic E-state index is 10.8. The Hall–Kier alpha value is -1.39. The van der Waals surface area contributed by atoms with Crippen LogP contribution in [0, 0.1) is 0 Å². The first kappa shape index (κ1) is 7.71. The molecule has 0 saturated carbocycles. The summed E-state index contributed by atoms with van der Waals surface area (Å²) in [4.78, 5) is 24.6. The number of nitrogens with one attached hydrogen (secondary N) is 1. The highest BCUT2D eigenvalue weighted by molar-refractivity contribution is 6.40. The van der Waals surface area contributed by atoms with Crippen molar-refractivity contribution in [2.75, 3.05) is 6.67 Å². The van der Waals surface area contributed by atoms with E-state index in [-0.39, 0.29) is 25.4 Å². The molecule has 0 saturated heterocycles. The van der Waals surface area contributed by atoms with Gasteiger partial charge in [0.05, 0.1) is 6.42 Å². The average Bonchev–Trinajstić information content (AvgIpc) is 2.31. The van der Waals surface area contributed by atoms with Crippen molar-refractivity contribution in [3.63, 3.8) is 0 Å². The summed E-state index contributed by atoms with van der Waals surface area (Å²) in [5, 5.41) is 10.7. The number of carbonyl (C=O) groups is 2. The van der Waals surface area contributed by atoms with Gasteiger partial charge < -0.3 is 10.4 Å². The molecular weight excluding hydrogens is 148 g/mol. The normalized spacial score (nSPS) is 16.0. The SMILES string of the molecule is O=C(O)CCC1=NCNC1=O. The second-order valence-corrected chi connectivity index (χ2v) is 2.16. The second-order valence-electron chi connectivity index (χ2n) is 2.16. The molecule has 1 rings (SSSR count). The highest BCUT2D eigenvalue weighted by atomic mass is 16.4. The molecule has 0 spiro atoms. The highest BCUT2D eigenvalue weighted by Crippen LogP contribution is 1.97. The van der Waals surface area contributed by atoms with Crippen molar-refractivity contribution < 1.29 is 14.7 Å². The molecule has 1 heterocycles. The molecule has 60 valence electrons. The molecular formula is C6H8N2O3. The number of nitrogens with zero attached hydrogens (tertiary/aromatic N) is 1. The van der Waals surface area contributed by atoms with Crippen LogP contribution in [0.25, 0.3) is 0 Å². The third kappa shape index (κ3) is 2.03. The first-order valence-electron chi connectivity index (χ1n) is 3.23. The Bertz CT molecular complexity index is 222. The highest BCUT2D eigenvalue weighted by Gasteiger charge is 2.16. The monoisotopic (exact) mass is 156 g/mol. The van der Waals surface area contributed by atoms with Gasteiger partial charge in [0.2, 0.25) is 0 Å². The van der Waals surface area contributed by atoms with Gasteiger partial charge in [-0.15, -0.1) is 0 Å². The van der Waals surface area contributed by atoms with E-state index in [1.807, 2.05) is 0 Å². The molecule has 0 aromatic rings. The first-order valence-corrected chi connectivity index (χ1v) is 3.23. The van der Waals surface area contributed by atoms with Crippen LogP contribution in [0.1, 0.15) is 12.8 Å². The van der Waals surface area contributed by atoms with Crippen LogP contribution in [0.4, 0.5) is 0 Å². The Labute approximate surface area is 63.1 Å². The van der Waals surface area contributed by atoms with Crippen LogP contribution in [0.2, 0.25) is 0 Å². The van der Waals surface area contributed by atoms with Gasteiger partial charge in [0.1, 0.15) is 12.4 Å². The van der Waals surface area contributed by atoms with Gasteiger partial charge in [-0.2, -0.15) is 0 Å². The van der Waals surface area contributed by atoms with E-state index in [9.17, 15) is 9.59 Å². The van der Waals surface area contributed by atoms with E-state index in [4.69, 9.17) is 5.11 Å². The fourth-order valence-corrected chi connectivity index (χ4v) is 0.799. The minimum absolute atomic E-state index is 0.0355. The fraction of sp³-hybridized carbons (Fsp3) is 0.500. The topological polar surface area (TPSA) is 78.8 Å². The molecule has 2 N–H and O–H groups in total. The van der Waals surface area contributed by atoms with Gasteiger partial charge >= 0.3 is 5.97 Å². The van der Waals surface area contributed by atoms with E-state index < -0.39 is 5.97 Å². The minimum atomic E-state index is -0.910. The third-order valence-electron chi connectivity index (χ3n) is 1.35. The molecule has 1 amide bonds. The third-order valence-corrected chi connectivity index (χ3v) is 1.35. The van der Waals surface area contributed by atoms with Gasteiger partial charge in [-0.1, -0.05) is 0 Å². The van der Waals surface area contributed by atoms with E-state index >= 15 is 0 Å². The second kappa shape index (κ2) is 3.14. The number of carboxylic acids is 1. The summed E-state index contributed by atoms with van der Waals surface area (Å²) in [6.45, 7) is 0.286. The quantitative estimate of drug-likeness (QED) is 0.571. The molecule has 0 fully saturated rings. The Morgan fingerprint density at radius 2 is 2.45 bits per heavy atom. The van der Waals surface area contributed by atoms with Crippen LogP contribution < -0.4 is 5.32 Å². The van der Waals surface area contributed by atoms with Crippen LogP contribution in [0.5, 0.6) is 0 Å². The zero-order valence-electron chi connectivity index (χ0n) is 5.83. The molecule has 0 aromatic carbocycles. The summed E-state index contributed by atoms with van der Waals surface area (Å²) >= 11 is 0. The van der Waals surface area contributed by atoms with Crippen LogP contribution in [0.3, 0.4) is 0 Å². The van der Waals surface area contributed by atoms with E-state index in [0.29, 0.717) is 5.71 Å². The predicted octanol–water partition coefficient (Wildman–Crippen LogP) is -0.621. The van der Waals surface area contributed by atoms with E-state index in [1.165, 1.54) is 0 Å². The Morgan fingerprint density at radius 3 is 2.91 bits per heavy atom. The molecule has 5 nitrogen and oxygen atoms in total. The lowest BCUT2D eigenvalue weighted by molar-refractivity contribution is -0.136. The fourth-order valence-electron chi connectivity index (χ4n) is 0.799. The summed E-state index contributed by atoms with van der Waals surface area (Å²) in [7, 11) is 0. The molecule has 0 aromatic heterocycles. The first-order chi connectivity index (χ1) is 5.20.